The average Bonchev–Trinajstić information content (AvgIpc) is 3.09. The Bertz CT molecular complexity index is 826. The summed E-state index contributed by atoms with van der Waals surface area (Å²) in [5, 5.41) is 0. The molecular weight excluding hydrogens is 348 g/mol. The minimum absolute atomic E-state index is 0.267. The van der Waals surface area contributed by atoms with E-state index < -0.39 is 0 Å². The molecule has 0 amide bonds. The van der Waals surface area contributed by atoms with Gasteiger partial charge in [0.05, 0.1) is 0 Å². The van der Waals surface area contributed by atoms with E-state index >= 15 is 0 Å². The van der Waals surface area contributed by atoms with E-state index in [0.717, 1.165) is 0 Å². The maximum Gasteiger partial charge on any atom is 0.00211 e. The van der Waals surface area contributed by atoms with Crippen molar-refractivity contribution >= 4 is 5.57 Å². The lowest BCUT2D eigenvalue weighted by Gasteiger charge is -2.42. The highest BCUT2D eigenvalue weighted by Gasteiger charge is 2.37. The molecule has 1 aromatic rings. The largest absolute Gasteiger partial charge is 0.0770 e. The minimum Gasteiger partial charge on any atom is -0.0770 e. The zero-order valence-corrected chi connectivity index (χ0v) is 20.0. The van der Waals surface area contributed by atoms with Crippen molar-refractivity contribution in [3.63, 3.8) is 0 Å². The summed E-state index contributed by atoms with van der Waals surface area (Å²) in [5.74, 6) is 0.607. The predicted octanol–water partition coefficient (Wildman–Crippen LogP) is 8.83. The van der Waals surface area contributed by atoms with Crippen LogP contribution in [0.4, 0.5) is 0 Å². The fraction of sp³-hybridized carbons (Fsp3) is 0.586. The van der Waals surface area contributed by atoms with E-state index in [1.54, 1.807) is 11.1 Å². The van der Waals surface area contributed by atoms with E-state index in [2.05, 4.69) is 84.9 Å². The Morgan fingerprint density at radius 1 is 1.00 bits per heavy atom. The van der Waals surface area contributed by atoms with Gasteiger partial charge >= 0.3 is 0 Å². The van der Waals surface area contributed by atoms with Crippen molar-refractivity contribution in [1.82, 2.24) is 0 Å². The fourth-order valence-electron chi connectivity index (χ4n) is 5.22. The molecular formula is C29H42. The molecule has 1 aromatic carbocycles. The average molecular weight is 391 g/mol. The molecule has 0 spiro atoms. The lowest BCUT2D eigenvalue weighted by atomic mass is 9.62. The van der Waals surface area contributed by atoms with Gasteiger partial charge in [-0.1, -0.05) is 96.7 Å². The molecule has 0 aromatic heterocycles. The highest BCUT2D eigenvalue weighted by atomic mass is 14.4. The topological polar surface area (TPSA) is 0 Å². The number of fused-ring (bicyclic) bond motifs is 1. The summed E-state index contributed by atoms with van der Waals surface area (Å²) in [7, 11) is 0. The third-order valence-corrected chi connectivity index (χ3v) is 7.43. The number of unbranched alkanes of at least 4 members (excludes halogenated alkanes) is 3. The van der Waals surface area contributed by atoms with Crippen molar-refractivity contribution < 1.29 is 0 Å². The second kappa shape index (κ2) is 8.66. The molecule has 1 atom stereocenters. The molecule has 0 fully saturated rings. The molecule has 0 radical (unpaired) electrons. The Labute approximate surface area is 180 Å². The number of rotatable bonds is 7. The number of hydrogen-bond donors (Lipinski definition) is 0. The zero-order chi connectivity index (χ0) is 21.2. The van der Waals surface area contributed by atoms with E-state index in [4.69, 9.17) is 0 Å². The summed E-state index contributed by atoms with van der Waals surface area (Å²) in [4.78, 5) is 0. The van der Waals surface area contributed by atoms with Gasteiger partial charge in [-0.25, -0.2) is 0 Å². The summed E-state index contributed by atoms with van der Waals surface area (Å²) in [6, 6.07) is 5.02. The monoisotopic (exact) mass is 390 g/mol. The maximum atomic E-state index is 2.52. The van der Waals surface area contributed by atoms with Crippen molar-refractivity contribution in [2.24, 2.45) is 5.92 Å². The Balaban J connectivity index is 1.87. The molecule has 0 heterocycles. The van der Waals surface area contributed by atoms with Gasteiger partial charge in [-0.3, -0.25) is 0 Å². The normalized spacial score (nSPS) is 22.5. The molecule has 0 bridgehead atoms. The first-order chi connectivity index (χ1) is 13.7. The van der Waals surface area contributed by atoms with Gasteiger partial charge < -0.3 is 0 Å². The Morgan fingerprint density at radius 3 is 2.31 bits per heavy atom. The van der Waals surface area contributed by atoms with Crippen molar-refractivity contribution in [1.29, 1.82) is 0 Å². The summed E-state index contributed by atoms with van der Waals surface area (Å²) < 4.78 is 0. The zero-order valence-electron chi connectivity index (χ0n) is 20.0. The van der Waals surface area contributed by atoms with Gasteiger partial charge in [0.1, 0.15) is 0 Å². The molecule has 2 aliphatic carbocycles. The van der Waals surface area contributed by atoms with Crippen molar-refractivity contribution in [2.45, 2.75) is 104 Å². The summed E-state index contributed by atoms with van der Waals surface area (Å²) in [6.07, 6.45) is 18.7. The highest BCUT2D eigenvalue weighted by molar-refractivity contribution is 5.71. The van der Waals surface area contributed by atoms with Gasteiger partial charge in [0.15, 0.2) is 0 Å². The summed E-state index contributed by atoms with van der Waals surface area (Å²) >= 11 is 0. The van der Waals surface area contributed by atoms with Gasteiger partial charge in [0.2, 0.25) is 0 Å². The van der Waals surface area contributed by atoms with E-state index in [9.17, 15) is 0 Å². The van der Waals surface area contributed by atoms with Crippen LogP contribution in [0.15, 0.2) is 42.0 Å². The smallest absolute Gasteiger partial charge is 0.00211 e. The number of allylic oxidation sites excluding steroid dienone is 6. The van der Waals surface area contributed by atoms with Crippen LogP contribution in [-0.2, 0) is 10.8 Å². The number of aryl methyl sites for hydroxylation is 1. The van der Waals surface area contributed by atoms with E-state index in [1.165, 1.54) is 67.2 Å². The van der Waals surface area contributed by atoms with Crippen LogP contribution in [0.3, 0.4) is 0 Å². The van der Waals surface area contributed by atoms with Crippen LogP contribution >= 0.6 is 0 Å². The summed E-state index contributed by atoms with van der Waals surface area (Å²) in [6.45, 7) is 16.6. The molecule has 0 saturated heterocycles. The van der Waals surface area contributed by atoms with Crippen LogP contribution in [0.2, 0.25) is 0 Å². The number of benzene rings is 1. The first-order valence-corrected chi connectivity index (χ1v) is 11.9. The fourth-order valence-corrected chi connectivity index (χ4v) is 5.22. The second-order valence-corrected chi connectivity index (χ2v) is 10.8. The first kappa shape index (κ1) is 22.1. The molecule has 0 N–H and O–H groups in total. The molecule has 2 aliphatic rings. The van der Waals surface area contributed by atoms with Crippen LogP contribution in [0.1, 0.15) is 109 Å². The van der Waals surface area contributed by atoms with Crippen molar-refractivity contribution in [2.75, 3.05) is 0 Å². The van der Waals surface area contributed by atoms with Crippen LogP contribution < -0.4 is 0 Å². The van der Waals surface area contributed by atoms with E-state index in [-0.39, 0.29) is 10.8 Å². The molecule has 1 unspecified atom stereocenters. The SMILES string of the molecule is CCCCCCC1C=CC=C1C=C(C)c1cc2c(cc1C)C(C)(C)CCC2(C)C. The first-order valence-electron chi connectivity index (χ1n) is 11.9. The molecule has 0 nitrogen and oxygen atoms in total. The lowest BCUT2D eigenvalue weighted by Crippen LogP contribution is -2.34. The van der Waals surface area contributed by atoms with E-state index in [0.29, 0.717) is 5.92 Å². The van der Waals surface area contributed by atoms with Gasteiger partial charge in [0, 0.05) is 5.92 Å². The van der Waals surface area contributed by atoms with Crippen molar-refractivity contribution in [3.8, 4) is 0 Å². The highest BCUT2D eigenvalue weighted by Crippen LogP contribution is 2.47. The quantitative estimate of drug-likeness (QED) is 0.408. The van der Waals surface area contributed by atoms with Crippen LogP contribution in [0, 0.1) is 12.8 Å². The van der Waals surface area contributed by atoms with Gasteiger partial charge in [-0.15, -0.1) is 0 Å². The third-order valence-electron chi connectivity index (χ3n) is 7.43. The Hall–Kier alpha value is -1.56. The predicted molar refractivity (Wildman–Crippen MR) is 130 cm³/mol. The van der Waals surface area contributed by atoms with E-state index in [1.807, 2.05) is 0 Å². The van der Waals surface area contributed by atoms with Crippen molar-refractivity contribution in [3.05, 3.63) is 64.3 Å². The van der Waals surface area contributed by atoms with Crippen LogP contribution in [0.25, 0.3) is 5.57 Å². The molecule has 0 saturated carbocycles. The minimum atomic E-state index is 0.267. The number of hydrogen-bond acceptors (Lipinski definition) is 0. The van der Waals surface area contributed by atoms with Crippen LogP contribution in [-0.4, -0.2) is 0 Å². The third kappa shape index (κ3) is 4.79. The summed E-state index contributed by atoms with van der Waals surface area (Å²) in [5.41, 5.74) is 9.46. The standard InChI is InChI=1S/C29H42/c1-8-9-10-11-13-23-14-12-15-24(23)18-21(2)25-20-27-26(19-22(25)3)28(4,5)16-17-29(27,6)7/h12,14-15,18-20,23H,8-11,13,16-17H2,1-7H3. The van der Waals surface area contributed by atoms with Gasteiger partial charge in [0.25, 0.3) is 0 Å². The molecule has 0 aliphatic heterocycles. The van der Waals surface area contributed by atoms with Gasteiger partial charge in [-0.2, -0.15) is 0 Å². The Morgan fingerprint density at radius 2 is 1.66 bits per heavy atom. The molecule has 0 heteroatoms. The van der Waals surface area contributed by atoms with Gasteiger partial charge in [-0.05, 0) is 77.3 Å². The maximum absolute atomic E-state index is 2.52. The molecule has 3 rings (SSSR count). The molecule has 158 valence electrons. The van der Waals surface area contributed by atoms with Crippen LogP contribution in [0.5, 0.6) is 0 Å². The lowest BCUT2D eigenvalue weighted by molar-refractivity contribution is 0.331. The second-order valence-electron chi connectivity index (χ2n) is 10.8. The molecule has 29 heavy (non-hydrogen) atoms. The Kier molecular flexibility index (Phi) is 6.61.